The fourth-order valence-corrected chi connectivity index (χ4v) is 4.88. The molecular weight excluding hydrogens is 354 g/mol. The van der Waals surface area contributed by atoms with Gasteiger partial charge >= 0.3 is 0 Å². The SMILES string of the molecule is Cc1ccc(C=CS(=O)(=O)NCC2(c3cccs3)CCOCC2)cc1. The summed E-state index contributed by atoms with van der Waals surface area (Å²) in [6.45, 7) is 3.73. The fraction of sp³-hybridized carbons (Fsp3) is 0.368. The van der Waals surface area contributed by atoms with Gasteiger partial charge in [-0.05, 0) is 42.9 Å². The molecule has 0 amide bonds. The van der Waals surface area contributed by atoms with Gasteiger partial charge in [-0.1, -0.05) is 35.9 Å². The molecule has 134 valence electrons. The van der Waals surface area contributed by atoms with E-state index in [2.05, 4.69) is 10.8 Å². The molecule has 0 radical (unpaired) electrons. The predicted molar refractivity (Wildman–Crippen MR) is 103 cm³/mol. The van der Waals surface area contributed by atoms with E-state index in [4.69, 9.17) is 4.74 Å². The molecule has 2 heterocycles. The average Bonchev–Trinajstić information content (AvgIpc) is 3.16. The van der Waals surface area contributed by atoms with Crippen LogP contribution in [0.5, 0.6) is 0 Å². The zero-order chi connectivity index (χ0) is 17.8. The van der Waals surface area contributed by atoms with Crippen molar-refractivity contribution in [3.63, 3.8) is 0 Å². The number of ether oxygens (including phenoxy) is 1. The van der Waals surface area contributed by atoms with E-state index in [0.29, 0.717) is 19.8 Å². The van der Waals surface area contributed by atoms with Crippen LogP contribution >= 0.6 is 11.3 Å². The van der Waals surface area contributed by atoms with Crippen LogP contribution in [-0.4, -0.2) is 28.2 Å². The van der Waals surface area contributed by atoms with Crippen LogP contribution in [0.25, 0.3) is 6.08 Å². The van der Waals surface area contributed by atoms with Gasteiger partial charge in [-0.2, -0.15) is 0 Å². The minimum atomic E-state index is -3.49. The van der Waals surface area contributed by atoms with Gasteiger partial charge in [0.1, 0.15) is 0 Å². The number of hydrogen-bond donors (Lipinski definition) is 1. The topological polar surface area (TPSA) is 55.4 Å². The predicted octanol–water partition coefficient (Wildman–Crippen LogP) is 3.70. The molecule has 1 aliphatic heterocycles. The van der Waals surface area contributed by atoms with Crippen LogP contribution < -0.4 is 4.72 Å². The summed E-state index contributed by atoms with van der Waals surface area (Å²) in [4.78, 5) is 1.22. The Balaban J connectivity index is 1.70. The summed E-state index contributed by atoms with van der Waals surface area (Å²) in [5.41, 5.74) is 1.85. The highest BCUT2D eigenvalue weighted by Gasteiger charge is 2.36. The van der Waals surface area contributed by atoms with Crippen molar-refractivity contribution in [2.24, 2.45) is 0 Å². The maximum Gasteiger partial charge on any atom is 0.233 e. The summed E-state index contributed by atoms with van der Waals surface area (Å²) in [5.74, 6) is 0. The number of hydrogen-bond acceptors (Lipinski definition) is 4. The van der Waals surface area contributed by atoms with E-state index in [1.165, 1.54) is 10.3 Å². The van der Waals surface area contributed by atoms with Gasteiger partial charge in [0.25, 0.3) is 0 Å². The third-order valence-corrected chi connectivity index (χ3v) is 6.78. The Kier molecular flexibility index (Phi) is 5.74. The number of aryl methyl sites for hydroxylation is 1. The Hall–Kier alpha value is -1.47. The van der Waals surface area contributed by atoms with Crippen molar-refractivity contribution in [1.29, 1.82) is 0 Å². The first-order valence-electron chi connectivity index (χ1n) is 8.35. The van der Waals surface area contributed by atoms with Crippen LogP contribution in [0.2, 0.25) is 0 Å². The highest BCUT2D eigenvalue weighted by molar-refractivity contribution is 7.92. The monoisotopic (exact) mass is 377 g/mol. The third-order valence-electron chi connectivity index (χ3n) is 4.62. The van der Waals surface area contributed by atoms with Crippen molar-refractivity contribution in [2.45, 2.75) is 25.2 Å². The summed E-state index contributed by atoms with van der Waals surface area (Å²) < 4.78 is 33.1. The van der Waals surface area contributed by atoms with Gasteiger partial charge in [-0.15, -0.1) is 11.3 Å². The van der Waals surface area contributed by atoms with Crippen molar-refractivity contribution in [2.75, 3.05) is 19.8 Å². The molecule has 4 nitrogen and oxygen atoms in total. The molecule has 1 aliphatic rings. The molecule has 0 saturated carbocycles. The van der Waals surface area contributed by atoms with Gasteiger partial charge in [-0.3, -0.25) is 0 Å². The number of sulfonamides is 1. The minimum absolute atomic E-state index is 0.169. The van der Waals surface area contributed by atoms with Gasteiger partial charge in [0.05, 0.1) is 0 Å². The molecule has 6 heteroatoms. The quantitative estimate of drug-likeness (QED) is 0.835. The summed E-state index contributed by atoms with van der Waals surface area (Å²) in [7, 11) is -3.49. The van der Waals surface area contributed by atoms with Crippen molar-refractivity contribution in [3.8, 4) is 0 Å². The summed E-state index contributed by atoms with van der Waals surface area (Å²) >= 11 is 1.68. The summed E-state index contributed by atoms with van der Waals surface area (Å²) in [6, 6.07) is 11.9. The summed E-state index contributed by atoms with van der Waals surface area (Å²) in [6.07, 6.45) is 3.29. The molecular formula is C19H23NO3S2. The molecule has 0 bridgehead atoms. The lowest BCUT2D eigenvalue weighted by atomic mass is 9.79. The van der Waals surface area contributed by atoms with Crippen LogP contribution in [0.3, 0.4) is 0 Å². The van der Waals surface area contributed by atoms with Crippen molar-refractivity contribution in [3.05, 3.63) is 63.2 Å². The molecule has 1 aromatic carbocycles. The van der Waals surface area contributed by atoms with E-state index in [0.717, 1.165) is 24.0 Å². The maximum atomic E-state index is 12.4. The second-order valence-electron chi connectivity index (χ2n) is 6.45. The van der Waals surface area contributed by atoms with Crippen LogP contribution in [-0.2, 0) is 20.2 Å². The van der Waals surface area contributed by atoms with Crippen molar-refractivity contribution < 1.29 is 13.2 Å². The van der Waals surface area contributed by atoms with Gasteiger partial charge in [-0.25, -0.2) is 13.1 Å². The fourth-order valence-electron chi connectivity index (χ4n) is 2.99. The van der Waals surface area contributed by atoms with E-state index in [1.54, 1.807) is 17.4 Å². The zero-order valence-electron chi connectivity index (χ0n) is 14.3. The highest BCUT2D eigenvalue weighted by atomic mass is 32.2. The van der Waals surface area contributed by atoms with E-state index >= 15 is 0 Å². The first-order chi connectivity index (χ1) is 12.0. The van der Waals surface area contributed by atoms with Crippen molar-refractivity contribution in [1.82, 2.24) is 4.72 Å². The smallest absolute Gasteiger partial charge is 0.233 e. The van der Waals surface area contributed by atoms with E-state index in [1.807, 2.05) is 42.6 Å². The molecule has 1 aromatic heterocycles. The Bertz CT molecular complexity index is 803. The minimum Gasteiger partial charge on any atom is -0.381 e. The largest absolute Gasteiger partial charge is 0.381 e. The van der Waals surface area contributed by atoms with Gasteiger partial charge in [0, 0.05) is 35.5 Å². The second kappa shape index (κ2) is 7.83. The Labute approximate surface area is 153 Å². The average molecular weight is 378 g/mol. The van der Waals surface area contributed by atoms with Crippen LogP contribution in [0.4, 0.5) is 0 Å². The van der Waals surface area contributed by atoms with Crippen LogP contribution in [0.1, 0.15) is 28.8 Å². The lowest BCUT2D eigenvalue weighted by Gasteiger charge is -2.36. The number of nitrogens with one attached hydrogen (secondary N) is 1. The highest BCUT2D eigenvalue weighted by Crippen LogP contribution is 2.37. The standard InChI is InChI=1S/C19H23NO3S2/c1-16-4-6-17(7-5-16)8-14-25(21,22)20-15-19(9-11-23-12-10-19)18-3-2-13-24-18/h2-8,13-14,20H,9-12,15H2,1H3. The van der Waals surface area contributed by atoms with Gasteiger partial charge in [0.15, 0.2) is 0 Å². The lowest BCUT2D eigenvalue weighted by Crippen LogP contribution is -2.43. The molecule has 25 heavy (non-hydrogen) atoms. The number of rotatable bonds is 6. The molecule has 2 aromatic rings. The number of benzene rings is 1. The van der Waals surface area contributed by atoms with Gasteiger partial charge in [0.2, 0.25) is 10.0 Å². The first-order valence-corrected chi connectivity index (χ1v) is 10.8. The van der Waals surface area contributed by atoms with E-state index < -0.39 is 10.0 Å². The molecule has 0 aliphatic carbocycles. The second-order valence-corrected chi connectivity index (χ2v) is 9.05. The molecule has 1 N–H and O–H groups in total. The summed E-state index contributed by atoms with van der Waals surface area (Å²) in [5, 5.41) is 3.29. The zero-order valence-corrected chi connectivity index (χ0v) is 15.9. The molecule has 1 fully saturated rings. The Morgan fingerprint density at radius 1 is 1.20 bits per heavy atom. The Morgan fingerprint density at radius 2 is 1.92 bits per heavy atom. The van der Waals surface area contributed by atoms with E-state index in [9.17, 15) is 8.42 Å². The van der Waals surface area contributed by atoms with E-state index in [-0.39, 0.29) is 5.41 Å². The molecule has 0 spiro atoms. The molecule has 0 atom stereocenters. The molecule has 3 rings (SSSR count). The Morgan fingerprint density at radius 3 is 2.56 bits per heavy atom. The van der Waals surface area contributed by atoms with Crippen molar-refractivity contribution >= 4 is 27.4 Å². The molecule has 0 unspecified atom stereocenters. The van der Waals surface area contributed by atoms with Crippen LogP contribution in [0.15, 0.2) is 47.2 Å². The van der Waals surface area contributed by atoms with Gasteiger partial charge < -0.3 is 4.74 Å². The molecule has 1 saturated heterocycles. The first kappa shape index (κ1) is 18.3. The lowest BCUT2D eigenvalue weighted by molar-refractivity contribution is 0.0529. The van der Waals surface area contributed by atoms with Crippen LogP contribution in [0, 0.1) is 6.92 Å². The third kappa shape index (κ3) is 4.79. The normalized spacial score (nSPS) is 17.8. The number of thiophene rings is 1. The maximum absolute atomic E-state index is 12.4.